The molecule has 1 saturated carbocycles. The van der Waals surface area contributed by atoms with Crippen molar-refractivity contribution in [3.63, 3.8) is 0 Å². The molecule has 0 radical (unpaired) electrons. The molecule has 16 heavy (non-hydrogen) atoms. The standard InChI is InChI=1S/C12H13NO3/c1-7-2-4-8(5-3-7)13-11(14)9-6-10(9)12(15)16/h2-5,9-10H,6H2,1H3,(H,13,14)(H,15,16)/t9-,10+/m1/s1. The number of aliphatic carboxylic acids is 1. The summed E-state index contributed by atoms with van der Waals surface area (Å²) in [5, 5.41) is 11.4. The first-order chi connectivity index (χ1) is 7.58. The Bertz CT molecular complexity index is 424. The summed E-state index contributed by atoms with van der Waals surface area (Å²) < 4.78 is 0. The molecule has 0 unspecified atom stereocenters. The lowest BCUT2D eigenvalue weighted by Gasteiger charge is -2.04. The van der Waals surface area contributed by atoms with Crippen LogP contribution in [0.3, 0.4) is 0 Å². The van der Waals surface area contributed by atoms with E-state index in [-0.39, 0.29) is 11.8 Å². The van der Waals surface area contributed by atoms with Crippen molar-refractivity contribution in [1.29, 1.82) is 0 Å². The van der Waals surface area contributed by atoms with Gasteiger partial charge in [0.1, 0.15) is 0 Å². The van der Waals surface area contributed by atoms with Gasteiger partial charge in [0.25, 0.3) is 0 Å². The molecule has 0 heterocycles. The van der Waals surface area contributed by atoms with E-state index in [2.05, 4.69) is 5.32 Å². The molecule has 4 nitrogen and oxygen atoms in total. The van der Waals surface area contributed by atoms with Crippen LogP contribution in [-0.2, 0) is 9.59 Å². The number of carbonyl (C=O) groups excluding carboxylic acids is 1. The third kappa shape index (κ3) is 2.21. The van der Waals surface area contributed by atoms with Gasteiger partial charge in [-0.1, -0.05) is 17.7 Å². The van der Waals surface area contributed by atoms with Gasteiger partial charge in [-0.05, 0) is 25.5 Å². The molecule has 0 saturated heterocycles. The lowest BCUT2D eigenvalue weighted by molar-refractivity contribution is -0.139. The van der Waals surface area contributed by atoms with Gasteiger partial charge in [0.2, 0.25) is 5.91 Å². The number of hydrogen-bond donors (Lipinski definition) is 2. The van der Waals surface area contributed by atoms with Crippen molar-refractivity contribution in [2.24, 2.45) is 11.8 Å². The Balaban J connectivity index is 1.94. The van der Waals surface area contributed by atoms with E-state index in [0.29, 0.717) is 12.1 Å². The van der Waals surface area contributed by atoms with Gasteiger partial charge in [-0.3, -0.25) is 9.59 Å². The van der Waals surface area contributed by atoms with Crippen molar-refractivity contribution >= 4 is 17.6 Å². The van der Waals surface area contributed by atoms with E-state index in [0.717, 1.165) is 5.56 Å². The minimum atomic E-state index is -0.885. The van der Waals surface area contributed by atoms with Crippen LogP contribution in [0.15, 0.2) is 24.3 Å². The fourth-order valence-electron chi connectivity index (χ4n) is 1.63. The van der Waals surface area contributed by atoms with Gasteiger partial charge in [0.15, 0.2) is 0 Å². The molecule has 4 heteroatoms. The topological polar surface area (TPSA) is 66.4 Å². The Labute approximate surface area is 93.3 Å². The number of amides is 1. The second kappa shape index (κ2) is 3.96. The van der Waals surface area contributed by atoms with Gasteiger partial charge in [-0.2, -0.15) is 0 Å². The molecule has 1 amide bonds. The smallest absolute Gasteiger partial charge is 0.307 e. The zero-order valence-corrected chi connectivity index (χ0v) is 8.93. The number of nitrogens with one attached hydrogen (secondary N) is 1. The van der Waals surface area contributed by atoms with Crippen molar-refractivity contribution in [2.75, 3.05) is 5.32 Å². The quantitative estimate of drug-likeness (QED) is 0.812. The lowest BCUT2D eigenvalue weighted by Crippen LogP contribution is -2.16. The highest BCUT2D eigenvalue weighted by Gasteiger charge is 2.48. The Morgan fingerprint density at radius 3 is 2.38 bits per heavy atom. The van der Waals surface area contributed by atoms with Crippen LogP contribution in [-0.4, -0.2) is 17.0 Å². The molecule has 1 aliphatic rings. The van der Waals surface area contributed by atoms with Crippen LogP contribution in [0, 0.1) is 18.8 Å². The van der Waals surface area contributed by atoms with Gasteiger partial charge in [0.05, 0.1) is 11.8 Å². The van der Waals surface area contributed by atoms with Crippen molar-refractivity contribution in [3.05, 3.63) is 29.8 Å². The molecule has 1 fully saturated rings. The van der Waals surface area contributed by atoms with Crippen molar-refractivity contribution in [2.45, 2.75) is 13.3 Å². The monoisotopic (exact) mass is 219 g/mol. The summed E-state index contributed by atoms with van der Waals surface area (Å²) in [6.07, 6.45) is 0.451. The van der Waals surface area contributed by atoms with Crippen LogP contribution in [0.2, 0.25) is 0 Å². The molecule has 0 spiro atoms. The minimum absolute atomic E-state index is 0.198. The van der Waals surface area contributed by atoms with E-state index in [4.69, 9.17) is 5.11 Å². The third-order valence-corrected chi connectivity index (χ3v) is 2.76. The molecule has 2 atom stereocenters. The Kier molecular flexibility index (Phi) is 2.64. The summed E-state index contributed by atoms with van der Waals surface area (Å²) in [6, 6.07) is 7.42. The molecular formula is C12H13NO3. The highest BCUT2D eigenvalue weighted by Crippen LogP contribution is 2.39. The van der Waals surface area contributed by atoms with Gasteiger partial charge in [-0.25, -0.2) is 0 Å². The summed E-state index contributed by atoms with van der Waals surface area (Å²) in [5.74, 6) is -1.94. The minimum Gasteiger partial charge on any atom is -0.481 e. The van der Waals surface area contributed by atoms with Crippen molar-refractivity contribution < 1.29 is 14.7 Å². The van der Waals surface area contributed by atoms with Crippen molar-refractivity contribution in [3.8, 4) is 0 Å². The summed E-state index contributed by atoms with van der Waals surface area (Å²) in [6.45, 7) is 1.97. The van der Waals surface area contributed by atoms with Gasteiger partial charge in [-0.15, -0.1) is 0 Å². The predicted octanol–water partition coefficient (Wildman–Crippen LogP) is 1.65. The lowest BCUT2D eigenvalue weighted by atomic mass is 10.2. The number of benzene rings is 1. The molecular weight excluding hydrogens is 206 g/mol. The number of carbonyl (C=O) groups is 2. The zero-order valence-electron chi connectivity index (χ0n) is 8.93. The molecule has 1 aliphatic carbocycles. The number of carboxylic acids is 1. The van der Waals surface area contributed by atoms with Crippen LogP contribution in [0.1, 0.15) is 12.0 Å². The largest absolute Gasteiger partial charge is 0.481 e. The van der Waals surface area contributed by atoms with E-state index in [9.17, 15) is 9.59 Å². The van der Waals surface area contributed by atoms with Gasteiger partial charge >= 0.3 is 5.97 Å². The van der Waals surface area contributed by atoms with Gasteiger partial charge < -0.3 is 10.4 Å². The van der Waals surface area contributed by atoms with E-state index in [1.165, 1.54) is 0 Å². The molecule has 0 bridgehead atoms. The zero-order chi connectivity index (χ0) is 11.7. The first-order valence-corrected chi connectivity index (χ1v) is 5.18. The van der Waals surface area contributed by atoms with Crippen LogP contribution in [0.5, 0.6) is 0 Å². The van der Waals surface area contributed by atoms with Crippen LogP contribution in [0.25, 0.3) is 0 Å². The second-order valence-corrected chi connectivity index (χ2v) is 4.14. The van der Waals surface area contributed by atoms with Crippen molar-refractivity contribution in [1.82, 2.24) is 0 Å². The number of hydrogen-bond acceptors (Lipinski definition) is 2. The summed E-state index contributed by atoms with van der Waals surface area (Å²) in [4.78, 5) is 22.2. The number of carboxylic acid groups (broad SMARTS) is 1. The summed E-state index contributed by atoms with van der Waals surface area (Å²) >= 11 is 0. The third-order valence-electron chi connectivity index (χ3n) is 2.76. The number of anilines is 1. The average molecular weight is 219 g/mol. The average Bonchev–Trinajstić information content (AvgIpc) is 3.01. The molecule has 2 N–H and O–H groups in total. The SMILES string of the molecule is Cc1ccc(NC(=O)[C@@H]2C[C@@H]2C(=O)O)cc1. The van der Waals surface area contributed by atoms with Gasteiger partial charge in [0, 0.05) is 5.69 Å². The Hall–Kier alpha value is -1.84. The summed E-state index contributed by atoms with van der Waals surface area (Å²) in [5.41, 5.74) is 1.83. The second-order valence-electron chi connectivity index (χ2n) is 4.14. The fraction of sp³-hybridized carbons (Fsp3) is 0.333. The molecule has 1 aromatic rings. The highest BCUT2D eigenvalue weighted by atomic mass is 16.4. The normalized spacial score (nSPS) is 22.6. The Morgan fingerprint density at radius 2 is 1.88 bits per heavy atom. The van der Waals surface area contributed by atoms with Crippen LogP contribution in [0.4, 0.5) is 5.69 Å². The first-order valence-electron chi connectivity index (χ1n) is 5.18. The van der Waals surface area contributed by atoms with Crippen LogP contribution >= 0.6 is 0 Å². The van der Waals surface area contributed by atoms with Crippen LogP contribution < -0.4 is 5.32 Å². The number of rotatable bonds is 3. The maximum atomic E-state index is 11.6. The highest BCUT2D eigenvalue weighted by molar-refractivity contribution is 5.98. The fourth-order valence-corrected chi connectivity index (χ4v) is 1.63. The maximum Gasteiger partial charge on any atom is 0.307 e. The molecule has 84 valence electrons. The first kappa shape index (κ1) is 10.7. The Morgan fingerprint density at radius 1 is 1.25 bits per heavy atom. The predicted molar refractivity (Wildman–Crippen MR) is 59.0 cm³/mol. The van der Waals surface area contributed by atoms with E-state index < -0.39 is 11.9 Å². The van der Waals surface area contributed by atoms with E-state index in [1.54, 1.807) is 0 Å². The maximum absolute atomic E-state index is 11.6. The summed E-state index contributed by atoms with van der Waals surface area (Å²) in [7, 11) is 0. The molecule has 1 aromatic carbocycles. The molecule has 2 rings (SSSR count). The van der Waals surface area contributed by atoms with E-state index >= 15 is 0 Å². The number of aryl methyl sites for hydroxylation is 1. The van der Waals surface area contributed by atoms with E-state index in [1.807, 2.05) is 31.2 Å². The molecule has 0 aromatic heterocycles. The molecule has 0 aliphatic heterocycles.